The van der Waals surface area contributed by atoms with Gasteiger partial charge in [0.2, 0.25) is 0 Å². The zero-order chi connectivity index (χ0) is 14.1. The van der Waals surface area contributed by atoms with Crippen LogP contribution in [0.3, 0.4) is 0 Å². The topological polar surface area (TPSA) is 40.5 Å². The Kier molecular flexibility index (Phi) is 4.01. The first-order valence-electron chi connectivity index (χ1n) is 7.42. The molecule has 2 fully saturated rings. The summed E-state index contributed by atoms with van der Waals surface area (Å²) >= 11 is 3.66. The van der Waals surface area contributed by atoms with Crippen LogP contribution in [0, 0.1) is 5.92 Å². The van der Waals surface area contributed by atoms with E-state index in [-0.39, 0.29) is 12.3 Å². The molecular weight excluding hydrogens is 318 g/mol. The molecule has 1 atom stereocenters. The fraction of sp³-hybridized carbons (Fsp3) is 0.562. The number of anilines is 1. The van der Waals surface area contributed by atoms with E-state index in [9.17, 15) is 9.90 Å². The average molecular weight is 338 g/mol. The van der Waals surface area contributed by atoms with Crippen LogP contribution < -0.4 is 4.90 Å². The van der Waals surface area contributed by atoms with Crippen LogP contribution in [0.25, 0.3) is 0 Å². The molecule has 0 amide bonds. The smallest absolute Gasteiger partial charge is 0.303 e. The third-order valence-electron chi connectivity index (χ3n) is 4.43. The number of benzene rings is 1. The van der Waals surface area contributed by atoms with E-state index in [2.05, 4.69) is 33.0 Å². The number of aliphatic carboxylic acids is 1. The number of halogens is 1. The van der Waals surface area contributed by atoms with Gasteiger partial charge in [-0.2, -0.15) is 0 Å². The van der Waals surface area contributed by atoms with Crippen LogP contribution in [0.1, 0.15) is 43.6 Å². The van der Waals surface area contributed by atoms with Crippen molar-refractivity contribution in [2.45, 2.75) is 38.0 Å². The van der Waals surface area contributed by atoms with Crippen LogP contribution in [0.5, 0.6) is 0 Å². The highest BCUT2D eigenvalue weighted by atomic mass is 79.9. The molecule has 1 saturated heterocycles. The summed E-state index contributed by atoms with van der Waals surface area (Å²) in [6.45, 7) is 2.18. The van der Waals surface area contributed by atoms with Crippen molar-refractivity contribution >= 4 is 27.6 Å². The molecule has 1 aliphatic heterocycles. The molecule has 1 aromatic carbocycles. The highest BCUT2D eigenvalue weighted by molar-refractivity contribution is 9.10. The predicted octanol–water partition coefficient (Wildman–Crippen LogP) is 4.02. The standard InChI is InChI=1S/C16H20BrNO2/c17-13-4-3-5-14(18-8-1-2-9-18)16(13)12(10-15(19)20)11-6-7-11/h3-5,11-12H,1-2,6-10H2,(H,19,20). The zero-order valence-corrected chi connectivity index (χ0v) is 13.1. The number of carbonyl (C=O) groups is 1. The maximum Gasteiger partial charge on any atom is 0.303 e. The van der Waals surface area contributed by atoms with Gasteiger partial charge in [0.15, 0.2) is 0 Å². The molecule has 3 rings (SSSR count). The molecule has 1 unspecified atom stereocenters. The summed E-state index contributed by atoms with van der Waals surface area (Å²) < 4.78 is 1.07. The lowest BCUT2D eigenvalue weighted by atomic mass is 9.89. The van der Waals surface area contributed by atoms with Gasteiger partial charge in [-0.05, 0) is 49.3 Å². The van der Waals surface area contributed by atoms with Gasteiger partial charge in [0, 0.05) is 29.2 Å². The number of nitrogens with zero attached hydrogens (tertiary/aromatic N) is 1. The number of hydrogen-bond acceptors (Lipinski definition) is 2. The molecule has 1 heterocycles. The van der Waals surface area contributed by atoms with Gasteiger partial charge in [-0.1, -0.05) is 22.0 Å². The van der Waals surface area contributed by atoms with Gasteiger partial charge in [0.05, 0.1) is 6.42 Å². The molecule has 0 aromatic heterocycles. The Hall–Kier alpha value is -1.03. The highest BCUT2D eigenvalue weighted by Crippen LogP contribution is 2.49. The van der Waals surface area contributed by atoms with E-state index in [4.69, 9.17) is 0 Å². The molecular formula is C16H20BrNO2. The van der Waals surface area contributed by atoms with E-state index in [0.717, 1.165) is 17.6 Å². The lowest BCUT2D eigenvalue weighted by Gasteiger charge is -2.26. The number of carboxylic acid groups (broad SMARTS) is 1. The van der Waals surface area contributed by atoms with E-state index >= 15 is 0 Å². The minimum Gasteiger partial charge on any atom is -0.481 e. The van der Waals surface area contributed by atoms with Crippen LogP contribution in [-0.4, -0.2) is 24.2 Å². The van der Waals surface area contributed by atoms with Crippen molar-refractivity contribution < 1.29 is 9.90 Å². The Morgan fingerprint density at radius 2 is 2.05 bits per heavy atom. The van der Waals surface area contributed by atoms with Crippen molar-refractivity contribution in [2.75, 3.05) is 18.0 Å². The summed E-state index contributed by atoms with van der Waals surface area (Å²) in [6, 6.07) is 6.26. The van der Waals surface area contributed by atoms with E-state index in [1.54, 1.807) is 0 Å². The molecule has 3 nitrogen and oxygen atoms in total. The predicted molar refractivity (Wildman–Crippen MR) is 83.3 cm³/mol. The maximum absolute atomic E-state index is 11.2. The fourth-order valence-corrected chi connectivity index (χ4v) is 3.97. The normalized spacial score (nSPS) is 20.1. The van der Waals surface area contributed by atoms with Gasteiger partial charge in [-0.3, -0.25) is 4.79 Å². The van der Waals surface area contributed by atoms with Gasteiger partial charge in [-0.15, -0.1) is 0 Å². The highest BCUT2D eigenvalue weighted by Gasteiger charge is 2.36. The molecule has 1 aliphatic carbocycles. The lowest BCUT2D eigenvalue weighted by molar-refractivity contribution is -0.137. The summed E-state index contributed by atoms with van der Waals surface area (Å²) in [6.07, 6.45) is 5.05. The van der Waals surface area contributed by atoms with Crippen LogP contribution in [0.15, 0.2) is 22.7 Å². The quantitative estimate of drug-likeness (QED) is 0.882. The number of carboxylic acids is 1. The Morgan fingerprint density at radius 3 is 2.65 bits per heavy atom. The van der Waals surface area contributed by atoms with Crippen molar-refractivity contribution in [1.82, 2.24) is 0 Å². The van der Waals surface area contributed by atoms with Crippen molar-refractivity contribution in [3.8, 4) is 0 Å². The van der Waals surface area contributed by atoms with Gasteiger partial charge in [-0.25, -0.2) is 0 Å². The second-order valence-electron chi connectivity index (χ2n) is 5.91. The first kappa shape index (κ1) is 13.9. The number of rotatable bonds is 5. The van der Waals surface area contributed by atoms with Crippen molar-refractivity contribution in [3.63, 3.8) is 0 Å². The Labute approximate surface area is 128 Å². The molecule has 0 radical (unpaired) electrons. The summed E-state index contributed by atoms with van der Waals surface area (Å²) in [4.78, 5) is 13.6. The van der Waals surface area contributed by atoms with Crippen molar-refractivity contribution in [1.29, 1.82) is 0 Å². The van der Waals surface area contributed by atoms with E-state index in [1.807, 2.05) is 6.07 Å². The van der Waals surface area contributed by atoms with Gasteiger partial charge in [0.1, 0.15) is 0 Å². The number of hydrogen-bond donors (Lipinski definition) is 1. The van der Waals surface area contributed by atoms with Crippen LogP contribution in [0.2, 0.25) is 0 Å². The van der Waals surface area contributed by atoms with Gasteiger partial charge in [0.25, 0.3) is 0 Å². The second kappa shape index (κ2) is 5.76. The largest absolute Gasteiger partial charge is 0.481 e. The molecule has 4 heteroatoms. The van der Waals surface area contributed by atoms with E-state index < -0.39 is 5.97 Å². The first-order chi connectivity index (χ1) is 9.66. The summed E-state index contributed by atoms with van der Waals surface area (Å²) in [7, 11) is 0. The van der Waals surface area contributed by atoms with Crippen LogP contribution in [0.4, 0.5) is 5.69 Å². The maximum atomic E-state index is 11.2. The minimum atomic E-state index is -0.690. The van der Waals surface area contributed by atoms with E-state index in [0.29, 0.717) is 5.92 Å². The van der Waals surface area contributed by atoms with Gasteiger partial charge < -0.3 is 10.0 Å². The molecule has 1 N–H and O–H groups in total. The summed E-state index contributed by atoms with van der Waals surface area (Å²) in [5, 5.41) is 9.24. The minimum absolute atomic E-state index is 0.152. The SMILES string of the molecule is O=C(O)CC(c1c(Br)cccc1N1CCCC1)C1CC1. The lowest BCUT2D eigenvalue weighted by Crippen LogP contribution is -2.21. The molecule has 108 valence electrons. The Balaban J connectivity index is 1.98. The molecule has 1 saturated carbocycles. The zero-order valence-electron chi connectivity index (χ0n) is 11.5. The van der Waals surface area contributed by atoms with Crippen molar-refractivity contribution in [3.05, 3.63) is 28.2 Å². The summed E-state index contributed by atoms with van der Waals surface area (Å²) in [5.41, 5.74) is 2.47. The van der Waals surface area contributed by atoms with E-state index in [1.165, 1.54) is 36.9 Å². The first-order valence-corrected chi connectivity index (χ1v) is 8.21. The Morgan fingerprint density at radius 1 is 1.35 bits per heavy atom. The third-order valence-corrected chi connectivity index (χ3v) is 5.12. The summed E-state index contributed by atoms with van der Waals surface area (Å²) in [5.74, 6) is 0.00912. The third kappa shape index (κ3) is 2.85. The van der Waals surface area contributed by atoms with Gasteiger partial charge >= 0.3 is 5.97 Å². The monoisotopic (exact) mass is 337 g/mol. The fourth-order valence-electron chi connectivity index (χ4n) is 3.32. The second-order valence-corrected chi connectivity index (χ2v) is 6.76. The molecule has 20 heavy (non-hydrogen) atoms. The van der Waals surface area contributed by atoms with Crippen molar-refractivity contribution in [2.24, 2.45) is 5.92 Å². The molecule has 2 aliphatic rings. The molecule has 0 spiro atoms. The Bertz CT molecular complexity index is 507. The van der Waals surface area contributed by atoms with Crippen LogP contribution in [-0.2, 0) is 4.79 Å². The van der Waals surface area contributed by atoms with Crippen LogP contribution >= 0.6 is 15.9 Å². The average Bonchev–Trinajstić information content (AvgIpc) is 3.10. The molecule has 0 bridgehead atoms. The molecule has 1 aromatic rings.